The third-order valence-corrected chi connectivity index (χ3v) is 4.61. The van der Waals surface area contributed by atoms with E-state index in [9.17, 15) is 9.18 Å². The van der Waals surface area contributed by atoms with E-state index in [0.717, 1.165) is 0 Å². The Morgan fingerprint density at radius 3 is 2.40 bits per heavy atom. The summed E-state index contributed by atoms with van der Waals surface area (Å²) in [6.45, 7) is 0. The molecule has 1 nitrogen and oxygen atoms in total. The highest BCUT2D eigenvalue weighted by Gasteiger charge is 2.20. The third-order valence-electron chi connectivity index (χ3n) is 3.92. The van der Waals surface area contributed by atoms with Crippen LogP contribution in [0.4, 0.5) is 4.39 Å². The van der Waals surface area contributed by atoms with E-state index < -0.39 is 5.82 Å². The highest BCUT2D eigenvalue weighted by Crippen LogP contribution is 2.36. The van der Waals surface area contributed by atoms with Crippen molar-refractivity contribution in [3.05, 3.63) is 69.4 Å². The summed E-state index contributed by atoms with van der Waals surface area (Å²) in [6, 6.07) is 11.9. The lowest BCUT2D eigenvalue weighted by molar-refractivity contribution is 0.103. The van der Waals surface area contributed by atoms with Crippen molar-refractivity contribution >= 4 is 21.7 Å². The smallest absolute Gasteiger partial charge is 0.194 e. The molecule has 1 saturated carbocycles. The highest BCUT2D eigenvalue weighted by atomic mass is 79.9. The normalized spacial score (nSPS) is 14.9. The second kappa shape index (κ2) is 5.49. The number of hydrogen-bond donors (Lipinski definition) is 0. The molecule has 0 aromatic heterocycles. The zero-order chi connectivity index (χ0) is 14.1. The fourth-order valence-electron chi connectivity index (χ4n) is 2.48. The summed E-state index contributed by atoms with van der Waals surface area (Å²) in [5, 5.41) is 0. The van der Waals surface area contributed by atoms with Gasteiger partial charge >= 0.3 is 0 Å². The van der Waals surface area contributed by atoms with Gasteiger partial charge in [-0.3, -0.25) is 4.79 Å². The average Bonchev–Trinajstić information content (AvgIpc) is 2.40. The standard InChI is InChI=1S/C17H14BrFO/c18-16-9-8-14(19)10-15(16)17(20)13-6-4-12(5-7-13)11-2-1-3-11/h4-11H,1-3H2. The molecule has 0 unspecified atom stereocenters. The maximum Gasteiger partial charge on any atom is 0.194 e. The minimum atomic E-state index is -0.400. The molecule has 0 amide bonds. The van der Waals surface area contributed by atoms with Crippen molar-refractivity contribution in [2.45, 2.75) is 25.2 Å². The number of hydrogen-bond acceptors (Lipinski definition) is 1. The molecule has 0 atom stereocenters. The van der Waals surface area contributed by atoms with Gasteiger partial charge in [0.2, 0.25) is 0 Å². The lowest BCUT2D eigenvalue weighted by Crippen LogP contribution is -2.09. The molecule has 1 aliphatic carbocycles. The van der Waals surface area contributed by atoms with Crippen LogP contribution in [0, 0.1) is 5.82 Å². The highest BCUT2D eigenvalue weighted by molar-refractivity contribution is 9.10. The SMILES string of the molecule is O=C(c1ccc(C2CCC2)cc1)c1cc(F)ccc1Br. The summed E-state index contributed by atoms with van der Waals surface area (Å²) < 4.78 is 13.9. The third kappa shape index (κ3) is 2.55. The first-order valence-electron chi connectivity index (χ1n) is 6.75. The Hall–Kier alpha value is -1.48. The maximum atomic E-state index is 13.3. The van der Waals surface area contributed by atoms with Crippen LogP contribution in [0.1, 0.15) is 46.7 Å². The molecule has 0 N–H and O–H groups in total. The summed E-state index contributed by atoms with van der Waals surface area (Å²) in [7, 11) is 0. The summed E-state index contributed by atoms with van der Waals surface area (Å²) in [6.07, 6.45) is 3.77. The number of carbonyl (C=O) groups excluding carboxylic acids is 1. The van der Waals surface area contributed by atoms with E-state index in [-0.39, 0.29) is 5.78 Å². The number of rotatable bonds is 3. The summed E-state index contributed by atoms with van der Waals surface area (Å²) in [5.41, 5.74) is 2.26. The van der Waals surface area contributed by atoms with Crippen LogP contribution >= 0.6 is 15.9 Å². The largest absolute Gasteiger partial charge is 0.289 e. The molecule has 1 fully saturated rings. The van der Waals surface area contributed by atoms with Crippen LogP contribution < -0.4 is 0 Å². The summed E-state index contributed by atoms with van der Waals surface area (Å²) in [5.74, 6) is 0.0965. The molecule has 0 aliphatic heterocycles. The van der Waals surface area contributed by atoms with Gasteiger partial charge in [0.05, 0.1) is 0 Å². The molecule has 0 radical (unpaired) electrons. The molecule has 1 aliphatic rings. The topological polar surface area (TPSA) is 17.1 Å². The van der Waals surface area contributed by atoms with Crippen molar-refractivity contribution in [3.63, 3.8) is 0 Å². The van der Waals surface area contributed by atoms with Gasteiger partial charge in [-0.25, -0.2) is 4.39 Å². The second-order valence-electron chi connectivity index (χ2n) is 5.20. The van der Waals surface area contributed by atoms with E-state index in [1.54, 1.807) is 6.07 Å². The van der Waals surface area contributed by atoms with E-state index in [2.05, 4.69) is 15.9 Å². The van der Waals surface area contributed by atoms with E-state index in [0.29, 0.717) is 21.5 Å². The Bertz CT molecular complexity index is 645. The van der Waals surface area contributed by atoms with Gasteiger partial charge in [-0.1, -0.05) is 46.6 Å². The average molecular weight is 333 g/mol. The summed E-state index contributed by atoms with van der Waals surface area (Å²) >= 11 is 3.30. The van der Waals surface area contributed by atoms with E-state index in [1.165, 1.54) is 37.0 Å². The minimum Gasteiger partial charge on any atom is -0.289 e. The molecule has 0 bridgehead atoms. The predicted octanol–water partition coefficient (Wildman–Crippen LogP) is 5.09. The lowest BCUT2D eigenvalue weighted by atomic mass is 9.80. The summed E-state index contributed by atoms with van der Waals surface area (Å²) in [4.78, 5) is 12.4. The molecule has 0 saturated heterocycles. The Morgan fingerprint density at radius 2 is 1.80 bits per heavy atom. The molecular formula is C17H14BrFO. The molecule has 0 spiro atoms. The second-order valence-corrected chi connectivity index (χ2v) is 6.06. The van der Waals surface area contributed by atoms with Gasteiger partial charge in [0.1, 0.15) is 5.82 Å². The van der Waals surface area contributed by atoms with Crippen LogP contribution in [0.15, 0.2) is 46.9 Å². The van der Waals surface area contributed by atoms with Gasteiger partial charge < -0.3 is 0 Å². The van der Waals surface area contributed by atoms with Crippen LogP contribution in [0.3, 0.4) is 0 Å². The Kier molecular flexibility index (Phi) is 3.70. The number of ketones is 1. The van der Waals surface area contributed by atoms with Crippen LogP contribution in [-0.4, -0.2) is 5.78 Å². The lowest BCUT2D eigenvalue weighted by Gasteiger charge is -2.25. The van der Waals surface area contributed by atoms with E-state index >= 15 is 0 Å². The Balaban J connectivity index is 1.88. The molecule has 2 aromatic rings. The first-order chi connectivity index (χ1) is 9.65. The molecule has 3 heteroatoms. The molecule has 102 valence electrons. The quantitative estimate of drug-likeness (QED) is 0.716. The van der Waals surface area contributed by atoms with Crippen molar-refractivity contribution in [3.8, 4) is 0 Å². The number of benzene rings is 2. The first kappa shape index (κ1) is 13.5. The zero-order valence-corrected chi connectivity index (χ0v) is 12.5. The van der Waals surface area contributed by atoms with Crippen molar-refractivity contribution in [2.75, 3.05) is 0 Å². The Morgan fingerprint density at radius 1 is 1.10 bits per heavy atom. The molecule has 20 heavy (non-hydrogen) atoms. The van der Waals surface area contributed by atoms with Gasteiger partial charge in [0.25, 0.3) is 0 Å². The molecule has 3 rings (SSSR count). The van der Waals surface area contributed by atoms with Crippen molar-refractivity contribution in [1.29, 1.82) is 0 Å². The molecule has 2 aromatic carbocycles. The fraction of sp³-hybridized carbons (Fsp3) is 0.235. The zero-order valence-electron chi connectivity index (χ0n) is 10.9. The van der Waals surface area contributed by atoms with Crippen LogP contribution in [0.25, 0.3) is 0 Å². The van der Waals surface area contributed by atoms with Crippen LogP contribution in [-0.2, 0) is 0 Å². The van der Waals surface area contributed by atoms with E-state index in [1.807, 2.05) is 24.3 Å². The van der Waals surface area contributed by atoms with Gasteiger partial charge in [0, 0.05) is 15.6 Å². The number of halogens is 2. The van der Waals surface area contributed by atoms with Crippen LogP contribution in [0.2, 0.25) is 0 Å². The van der Waals surface area contributed by atoms with Crippen LogP contribution in [0.5, 0.6) is 0 Å². The first-order valence-corrected chi connectivity index (χ1v) is 7.54. The Labute approximate surface area is 126 Å². The predicted molar refractivity (Wildman–Crippen MR) is 80.6 cm³/mol. The molecule has 0 heterocycles. The maximum absolute atomic E-state index is 13.3. The van der Waals surface area contributed by atoms with Crippen molar-refractivity contribution < 1.29 is 9.18 Å². The van der Waals surface area contributed by atoms with Gasteiger partial charge in [-0.05, 0) is 42.5 Å². The van der Waals surface area contributed by atoms with Crippen molar-refractivity contribution in [1.82, 2.24) is 0 Å². The van der Waals surface area contributed by atoms with Gasteiger partial charge in [-0.15, -0.1) is 0 Å². The van der Waals surface area contributed by atoms with Gasteiger partial charge in [0.15, 0.2) is 5.78 Å². The van der Waals surface area contributed by atoms with Gasteiger partial charge in [-0.2, -0.15) is 0 Å². The minimum absolute atomic E-state index is 0.156. The fourth-order valence-corrected chi connectivity index (χ4v) is 2.90. The van der Waals surface area contributed by atoms with Crippen molar-refractivity contribution in [2.24, 2.45) is 0 Å². The monoisotopic (exact) mass is 332 g/mol. The molecular weight excluding hydrogens is 319 g/mol. The van der Waals surface area contributed by atoms with E-state index in [4.69, 9.17) is 0 Å². The number of carbonyl (C=O) groups is 1.